The van der Waals surface area contributed by atoms with Gasteiger partial charge in [0.25, 0.3) is 5.91 Å². The zero-order valence-electron chi connectivity index (χ0n) is 19.7. The van der Waals surface area contributed by atoms with Crippen molar-refractivity contribution in [2.75, 3.05) is 14.2 Å². The zero-order chi connectivity index (χ0) is 26.1. The molecule has 0 saturated carbocycles. The van der Waals surface area contributed by atoms with Gasteiger partial charge in [-0.05, 0) is 61.0 Å². The SMILES string of the molecule is COc1ccc(C(=O)Oc2ccc(/C=N/NC(=O)C(C)Oc3ccccc3[N+](=O)[O-])cc2)cc1OC. The van der Waals surface area contributed by atoms with E-state index < -0.39 is 22.9 Å². The summed E-state index contributed by atoms with van der Waals surface area (Å²) < 4.78 is 21.1. The Bertz CT molecular complexity index is 1270. The molecule has 1 atom stereocenters. The normalized spacial score (nSPS) is 11.4. The van der Waals surface area contributed by atoms with Crippen LogP contribution in [-0.2, 0) is 4.79 Å². The van der Waals surface area contributed by atoms with Crippen LogP contribution in [0.3, 0.4) is 0 Å². The second-order valence-electron chi connectivity index (χ2n) is 7.25. The van der Waals surface area contributed by atoms with Gasteiger partial charge in [0.15, 0.2) is 23.4 Å². The average Bonchev–Trinajstić information content (AvgIpc) is 2.89. The summed E-state index contributed by atoms with van der Waals surface area (Å²) in [6.07, 6.45) is 0.358. The first-order valence-corrected chi connectivity index (χ1v) is 10.6. The molecule has 1 amide bonds. The number of benzene rings is 3. The van der Waals surface area contributed by atoms with Gasteiger partial charge in [-0.15, -0.1) is 0 Å². The van der Waals surface area contributed by atoms with Gasteiger partial charge in [-0.2, -0.15) is 5.10 Å². The maximum Gasteiger partial charge on any atom is 0.343 e. The number of hydrogen-bond donors (Lipinski definition) is 1. The first kappa shape index (κ1) is 25.7. The number of nitrogens with zero attached hydrogens (tertiary/aromatic N) is 2. The fraction of sp³-hybridized carbons (Fsp3) is 0.160. The molecule has 11 heteroatoms. The molecule has 36 heavy (non-hydrogen) atoms. The summed E-state index contributed by atoms with van der Waals surface area (Å²) in [6, 6.07) is 16.9. The minimum absolute atomic E-state index is 0.0210. The monoisotopic (exact) mass is 493 g/mol. The highest BCUT2D eigenvalue weighted by Crippen LogP contribution is 2.28. The van der Waals surface area contributed by atoms with Crippen molar-refractivity contribution >= 4 is 23.8 Å². The summed E-state index contributed by atoms with van der Waals surface area (Å²) in [7, 11) is 2.97. The van der Waals surface area contributed by atoms with E-state index in [1.807, 2.05) is 0 Å². The Morgan fingerprint density at radius 3 is 2.33 bits per heavy atom. The van der Waals surface area contributed by atoms with Crippen LogP contribution in [0.1, 0.15) is 22.8 Å². The van der Waals surface area contributed by atoms with Crippen LogP contribution in [0.25, 0.3) is 0 Å². The van der Waals surface area contributed by atoms with Gasteiger partial charge in [0.1, 0.15) is 5.75 Å². The number of methoxy groups -OCH3 is 2. The van der Waals surface area contributed by atoms with Crippen molar-refractivity contribution in [2.45, 2.75) is 13.0 Å². The van der Waals surface area contributed by atoms with E-state index in [9.17, 15) is 19.7 Å². The van der Waals surface area contributed by atoms with Gasteiger partial charge in [0, 0.05) is 6.07 Å². The molecule has 0 radical (unpaired) electrons. The largest absolute Gasteiger partial charge is 0.493 e. The summed E-state index contributed by atoms with van der Waals surface area (Å²) in [5.74, 6) is 0.0197. The van der Waals surface area contributed by atoms with Crippen LogP contribution < -0.4 is 24.4 Å². The number of carbonyl (C=O) groups excluding carboxylic acids is 2. The van der Waals surface area contributed by atoms with Crippen molar-refractivity contribution in [3.8, 4) is 23.0 Å². The quantitative estimate of drug-likeness (QED) is 0.148. The molecule has 0 aromatic heterocycles. The number of hydrazone groups is 1. The predicted octanol–water partition coefficient (Wildman–Crippen LogP) is 3.75. The molecule has 1 N–H and O–H groups in total. The summed E-state index contributed by atoms with van der Waals surface area (Å²) in [5, 5.41) is 14.9. The number of hydrogen-bond acceptors (Lipinski definition) is 9. The Balaban J connectivity index is 1.55. The van der Waals surface area contributed by atoms with Crippen LogP contribution in [0, 0.1) is 10.1 Å². The van der Waals surface area contributed by atoms with E-state index in [0.717, 1.165) is 0 Å². The van der Waals surface area contributed by atoms with Gasteiger partial charge in [0.05, 0.1) is 30.9 Å². The highest BCUT2D eigenvalue weighted by atomic mass is 16.6. The molecule has 3 rings (SSSR count). The lowest BCUT2D eigenvalue weighted by molar-refractivity contribution is -0.386. The van der Waals surface area contributed by atoms with E-state index in [-0.39, 0.29) is 17.0 Å². The molecule has 0 spiro atoms. The lowest BCUT2D eigenvalue weighted by atomic mass is 10.2. The molecule has 0 bridgehead atoms. The Morgan fingerprint density at radius 1 is 0.972 bits per heavy atom. The molecule has 0 heterocycles. The topological polar surface area (TPSA) is 139 Å². The van der Waals surface area contributed by atoms with Gasteiger partial charge in [-0.3, -0.25) is 14.9 Å². The standard InChI is InChI=1S/C25H23N3O8/c1-16(35-21-7-5-4-6-20(21)28(31)32)24(29)27-26-15-17-8-11-19(12-9-17)36-25(30)18-10-13-22(33-2)23(14-18)34-3/h4-16H,1-3H3,(H,27,29)/b26-15+. The smallest absolute Gasteiger partial charge is 0.343 e. The third-order valence-corrected chi connectivity index (χ3v) is 4.83. The number of amides is 1. The van der Waals surface area contributed by atoms with Crippen molar-refractivity contribution < 1.29 is 33.5 Å². The third kappa shape index (κ3) is 6.56. The Kier molecular flexibility index (Phi) is 8.54. The summed E-state index contributed by atoms with van der Waals surface area (Å²) in [5.41, 5.74) is 2.98. The first-order valence-electron chi connectivity index (χ1n) is 10.6. The van der Waals surface area contributed by atoms with Crippen LogP contribution in [-0.4, -0.2) is 43.3 Å². The van der Waals surface area contributed by atoms with E-state index in [1.54, 1.807) is 42.5 Å². The van der Waals surface area contributed by atoms with Crippen molar-refractivity contribution in [2.24, 2.45) is 5.10 Å². The van der Waals surface area contributed by atoms with E-state index in [2.05, 4.69) is 10.5 Å². The van der Waals surface area contributed by atoms with Gasteiger partial charge in [-0.1, -0.05) is 12.1 Å². The third-order valence-electron chi connectivity index (χ3n) is 4.83. The van der Waals surface area contributed by atoms with Gasteiger partial charge in [0.2, 0.25) is 0 Å². The number of ether oxygens (including phenoxy) is 4. The van der Waals surface area contributed by atoms with Crippen LogP contribution >= 0.6 is 0 Å². The summed E-state index contributed by atoms with van der Waals surface area (Å²) in [6.45, 7) is 1.45. The molecule has 11 nitrogen and oxygen atoms in total. The summed E-state index contributed by atoms with van der Waals surface area (Å²) in [4.78, 5) is 35.1. The Morgan fingerprint density at radius 2 is 1.67 bits per heavy atom. The molecule has 1 unspecified atom stereocenters. The number of rotatable bonds is 10. The maximum absolute atomic E-state index is 12.4. The molecule has 3 aromatic carbocycles. The Hall–Kier alpha value is -4.93. The number of para-hydroxylation sites is 2. The van der Waals surface area contributed by atoms with Crippen molar-refractivity contribution in [3.05, 3.63) is 88.0 Å². The van der Waals surface area contributed by atoms with E-state index in [1.165, 1.54) is 51.6 Å². The van der Waals surface area contributed by atoms with Crippen LogP contribution in [0.15, 0.2) is 71.8 Å². The molecular weight excluding hydrogens is 470 g/mol. The zero-order valence-corrected chi connectivity index (χ0v) is 19.7. The lowest BCUT2D eigenvalue weighted by Gasteiger charge is -2.12. The molecule has 3 aromatic rings. The van der Waals surface area contributed by atoms with Crippen LogP contribution in [0.2, 0.25) is 0 Å². The van der Waals surface area contributed by atoms with Crippen molar-refractivity contribution in [1.29, 1.82) is 0 Å². The summed E-state index contributed by atoms with van der Waals surface area (Å²) >= 11 is 0. The minimum Gasteiger partial charge on any atom is -0.493 e. The number of nitro benzene ring substituents is 1. The van der Waals surface area contributed by atoms with E-state index in [4.69, 9.17) is 18.9 Å². The molecule has 0 fully saturated rings. The maximum atomic E-state index is 12.4. The molecule has 0 aliphatic rings. The minimum atomic E-state index is -1.03. The second kappa shape index (κ2) is 12.0. The molecule has 186 valence electrons. The van der Waals surface area contributed by atoms with Gasteiger partial charge >= 0.3 is 11.7 Å². The Labute approximate surface area is 206 Å². The number of esters is 1. The fourth-order valence-electron chi connectivity index (χ4n) is 2.96. The molecule has 0 aliphatic carbocycles. The van der Waals surface area contributed by atoms with Gasteiger partial charge < -0.3 is 18.9 Å². The number of nitro groups is 1. The number of nitrogens with one attached hydrogen (secondary N) is 1. The van der Waals surface area contributed by atoms with E-state index in [0.29, 0.717) is 22.8 Å². The molecule has 0 aliphatic heterocycles. The molecule has 0 saturated heterocycles. The van der Waals surface area contributed by atoms with Crippen LogP contribution in [0.5, 0.6) is 23.0 Å². The number of carbonyl (C=O) groups is 2. The van der Waals surface area contributed by atoms with Crippen LogP contribution in [0.4, 0.5) is 5.69 Å². The molecular formula is C25H23N3O8. The predicted molar refractivity (Wildman–Crippen MR) is 130 cm³/mol. The highest BCUT2D eigenvalue weighted by molar-refractivity contribution is 5.92. The lowest BCUT2D eigenvalue weighted by Crippen LogP contribution is -2.33. The first-order chi connectivity index (χ1) is 17.3. The second-order valence-corrected chi connectivity index (χ2v) is 7.25. The van der Waals surface area contributed by atoms with Crippen molar-refractivity contribution in [1.82, 2.24) is 5.43 Å². The highest BCUT2D eigenvalue weighted by Gasteiger charge is 2.20. The van der Waals surface area contributed by atoms with Crippen molar-refractivity contribution in [3.63, 3.8) is 0 Å². The van der Waals surface area contributed by atoms with Gasteiger partial charge in [-0.25, -0.2) is 10.2 Å². The average molecular weight is 493 g/mol. The fourth-order valence-corrected chi connectivity index (χ4v) is 2.96. The van der Waals surface area contributed by atoms with E-state index >= 15 is 0 Å².